The Kier molecular flexibility index (Phi) is 5.73. The van der Waals surface area contributed by atoms with E-state index in [1.807, 2.05) is 0 Å². The maximum absolute atomic E-state index is 12.3. The van der Waals surface area contributed by atoms with Gasteiger partial charge in [-0.25, -0.2) is 9.59 Å². The Morgan fingerprint density at radius 3 is 2.68 bits per heavy atom. The van der Waals surface area contributed by atoms with E-state index < -0.39 is 23.4 Å². The number of methoxy groups -OCH3 is 1. The summed E-state index contributed by atoms with van der Waals surface area (Å²) in [5, 5.41) is 12.1. The molecule has 2 N–H and O–H groups in total. The summed E-state index contributed by atoms with van der Waals surface area (Å²) >= 11 is 6.07. The first-order chi connectivity index (χ1) is 11.7. The zero-order chi connectivity index (χ0) is 18.6. The molecule has 0 aliphatic carbocycles. The van der Waals surface area contributed by atoms with E-state index >= 15 is 0 Å². The summed E-state index contributed by atoms with van der Waals surface area (Å²) in [5.41, 5.74) is -0.495. The third-order valence-electron chi connectivity index (χ3n) is 4.03. The molecule has 25 heavy (non-hydrogen) atoms. The highest BCUT2D eigenvalue weighted by molar-refractivity contribution is 6.32. The molecule has 0 saturated carbocycles. The molecular weight excluding hydrogens is 352 g/mol. The second-order valence-electron chi connectivity index (χ2n) is 5.98. The number of benzene rings is 1. The van der Waals surface area contributed by atoms with E-state index in [0.29, 0.717) is 18.7 Å². The van der Waals surface area contributed by atoms with Gasteiger partial charge in [0.25, 0.3) is 0 Å². The molecule has 0 spiro atoms. The molecule has 1 aromatic carbocycles. The number of halogens is 1. The van der Waals surface area contributed by atoms with Gasteiger partial charge in [-0.05, 0) is 31.5 Å². The number of carbonyl (C=O) groups is 3. The molecule has 1 unspecified atom stereocenters. The molecule has 1 heterocycles. The monoisotopic (exact) mass is 370 g/mol. The van der Waals surface area contributed by atoms with Gasteiger partial charge in [-0.15, -0.1) is 0 Å². The normalized spacial score (nSPS) is 19.4. The summed E-state index contributed by atoms with van der Waals surface area (Å²) in [4.78, 5) is 36.0. The first kappa shape index (κ1) is 18.9. The number of urea groups is 1. The average Bonchev–Trinajstić information content (AvgIpc) is 2.98. The highest BCUT2D eigenvalue weighted by atomic mass is 35.5. The third-order valence-corrected chi connectivity index (χ3v) is 4.33. The number of hydrogen-bond donors (Lipinski definition) is 2. The van der Waals surface area contributed by atoms with Gasteiger partial charge < -0.3 is 24.8 Å². The lowest BCUT2D eigenvalue weighted by atomic mass is 9.90. The van der Waals surface area contributed by atoms with Gasteiger partial charge in [-0.2, -0.15) is 0 Å². The van der Waals surface area contributed by atoms with Crippen molar-refractivity contribution in [2.75, 3.05) is 32.1 Å². The van der Waals surface area contributed by atoms with Gasteiger partial charge in [0.05, 0.1) is 17.5 Å². The van der Waals surface area contributed by atoms with Crippen molar-refractivity contribution >= 4 is 35.3 Å². The zero-order valence-electron chi connectivity index (χ0n) is 13.9. The molecule has 9 heteroatoms. The minimum Gasteiger partial charge on any atom is -0.481 e. The number of carbonyl (C=O) groups excluding carboxylic acids is 2. The van der Waals surface area contributed by atoms with Crippen LogP contribution in [0.25, 0.3) is 0 Å². The van der Waals surface area contributed by atoms with Gasteiger partial charge >= 0.3 is 18.0 Å². The Balaban J connectivity index is 1.97. The van der Waals surface area contributed by atoms with E-state index in [1.54, 1.807) is 13.0 Å². The van der Waals surface area contributed by atoms with E-state index in [-0.39, 0.29) is 23.9 Å². The summed E-state index contributed by atoms with van der Waals surface area (Å²) in [7, 11) is 1.25. The maximum Gasteiger partial charge on any atom is 0.343 e. The summed E-state index contributed by atoms with van der Waals surface area (Å²) < 4.78 is 9.68. The van der Waals surface area contributed by atoms with Crippen LogP contribution in [-0.4, -0.2) is 54.8 Å². The van der Waals surface area contributed by atoms with Crippen LogP contribution in [0.15, 0.2) is 18.2 Å². The summed E-state index contributed by atoms with van der Waals surface area (Å²) in [5.74, 6) is -1.17. The van der Waals surface area contributed by atoms with E-state index in [9.17, 15) is 19.5 Å². The Morgan fingerprint density at radius 1 is 1.40 bits per heavy atom. The van der Waals surface area contributed by atoms with Crippen LogP contribution in [0.5, 0.6) is 5.75 Å². The quantitative estimate of drug-likeness (QED) is 0.770. The molecule has 1 saturated heterocycles. The molecule has 1 fully saturated rings. The minimum atomic E-state index is -0.930. The van der Waals surface area contributed by atoms with Crippen LogP contribution in [0.4, 0.5) is 10.5 Å². The fourth-order valence-corrected chi connectivity index (χ4v) is 2.64. The second-order valence-corrected chi connectivity index (χ2v) is 6.38. The predicted octanol–water partition coefficient (Wildman–Crippen LogP) is 2.22. The fraction of sp³-hybridized carbons (Fsp3) is 0.438. The van der Waals surface area contributed by atoms with Gasteiger partial charge in [0.15, 0.2) is 6.61 Å². The molecule has 0 radical (unpaired) electrons. The lowest BCUT2D eigenvalue weighted by Gasteiger charge is -2.20. The number of anilines is 1. The number of hydrogen-bond acceptors (Lipinski definition) is 5. The highest BCUT2D eigenvalue weighted by Crippen LogP contribution is 2.31. The Labute approximate surface area is 149 Å². The van der Waals surface area contributed by atoms with Crippen LogP contribution in [0.2, 0.25) is 5.02 Å². The van der Waals surface area contributed by atoms with Crippen molar-refractivity contribution in [3.63, 3.8) is 0 Å². The molecule has 1 aliphatic rings. The number of nitrogens with zero attached hydrogens (tertiary/aromatic N) is 1. The minimum absolute atomic E-state index is 0.141. The number of rotatable bonds is 5. The van der Waals surface area contributed by atoms with Crippen molar-refractivity contribution in [3.8, 4) is 5.75 Å². The SMILES string of the molecule is COC(=O)COc1ccc(NC(=O)N2CCC(C)(C(=O)O)C2)cc1Cl. The van der Waals surface area contributed by atoms with Crippen molar-refractivity contribution in [1.82, 2.24) is 4.90 Å². The third kappa shape index (κ3) is 4.54. The molecule has 0 aromatic heterocycles. The topological polar surface area (TPSA) is 105 Å². The lowest BCUT2D eigenvalue weighted by Crippen LogP contribution is -2.37. The zero-order valence-corrected chi connectivity index (χ0v) is 14.6. The van der Waals surface area contributed by atoms with Crippen molar-refractivity contribution in [2.45, 2.75) is 13.3 Å². The molecule has 1 atom stereocenters. The number of aliphatic carboxylic acids is 1. The van der Waals surface area contributed by atoms with Crippen molar-refractivity contribution in [1.29, 1.82) is 0 Å². The van der Waals surface area contributed by atoms with Gasteiger partial charge in [-0.3, -0.25) is 4.79 Å². The summed E-state index contributed by atoms with van der Waals surface area (Å²) in [6, 6.07) is 4.18. The number of nitrogens with one attached hydrogen (secondary N) is 1. The molecule has 1 aromatic rings. The standard InChI is InChI=1S/C16H19ClN2O6/c1-16(14(21)22)5-6-19(9-16)15(23)18-10-3-4-12(11(17)7-10)25-8-13(20)24-2/h3-4,7H,5-6,8-9H2,1-2H3,(H,18,23)(H,21,22). The predicted molar refractivity (Wildman–Crippen MR) is 89.9 cm³/mol. The molecule has 136 valence electrons. The molecule has 8 nitrogen and oxygen atoms in total. The fourth-order valence-electron chi connectivity index (χ4n) is 2.40. The van der Waals surface area contributed by atoms with Gasteiger partial charge in [0.1, 0.15) is 5.75 Å². The number of carboxylic acids is 1. The number of amides is 2. The largest absolute Gasteiger partial charge is 0.481 e. The van der Waals surface area contributed by atoms with E-state index in [0.717, 1.165) is 0 Å². The van der Waals surface area contributed by atoms with Crippen molar-refractivity contribution in [3.05, 3.63) is 23.2 Å². The van der Waals surface area contributed by atoms with E-state index in [1.165, 1.54) is 24.1 Å². The van der Waals surface area contributed by atoms with Crippen LogP contribution in [-0.2, 0) is 14.3 Å². The van der Waals surface area contributed by atoms with E-state index in [2.05, 4.69) is 10.1 Å². The smallest absolute Gasteiger partial charge is 0.343 e. The van der Waals surface area contributed by atoms with Gasteiger partial charge in [0.2, 0.25) is 0 Å². The Bertz CT molecular complexity index is 695. The molecular formula is C16H19ClN2O6. The lowest BCUT2D eigenvalue weighted by molar-refractivity contribution is -0.147. The molecule has 2 rings (SSSR count). The first-order valence-electron chi connectivity index (χ1n) is 7.53. The second kappa shape index (κ2) is 7.60. The Hall–Kier alpha value is -2.48. The summed E-state index contributed by atoms with van der Waals surface area (Å²) in [6.07, 6.45) is 0.400. The average molecular weight is 371 g/mol. The van der Waals surface area contributed by atoms with E-state index in [4.69, 9.17) is 16.3 Å². The van der Waals surface area contributed by atoms with Crippen molar-refractivity contribution < 1.29 is 29.0 Å². The van der Waals surface area contributed by atoms with Crippen LogP contribution in [0.1, 0.15) is 13.3 Å². The number of ether oxygens (including phenoxy) is 2. The van der Waals surface area contributed by atoms with Crippen LogP contribution in [0, 0.1) is 5.41 Å². The van der Waals surface area contributed by atoms with Crippen LogP contribution in [0.3, 0.4) is 0 Å². The van der Waals surface area contributed by atoms with Crippen molar-refractivity contribution in [2.24, 2.45) is 5.41 Å². The Morgan fingerprint density at radius 2 is 2.12 bits per heavy atom. The maximum atomic E-state index is 12.3. The number of likely N-dealkylation sites (tertiary alicyclic amines) is 1. The van der Waals surface area contributed by atoms with Gasteiger partial charge in [-0.1, -0.05) is 11.6 Å². The first-order valence-corrected chi connectivity index (χ1v) is 7.91. The molecule has 1 aliphatic heterocycles. The highest BCUT2D eigenvalue weighted by Gasteiger charge is 2.42. The number of esters is 1. The summed E-state index contributed by atoms with van der Waals surface area (Å²) in [6.45, 7) is 1.85. The van der Waals surface area contributed by atoms with Crippen LogP contribution >= 0.6 is 11.6 Å². The molecule has 2 amide bonds. The van der Waals surface area contributed by atoms with Crippen LogP contribution < -0.4 is 10.1 Å². The molecule has 0 bridgehead atoms. The number of carboxylic acid groups (broad SMARTS) is 1. The van der Waals surface area contributed by atoms with Gasteiger partial charge in [0, 0.05) is 18.8 Å².